The van der Waals surface area contributed by atoms with Gasteiger partial charge in [0.2, 0.25) is 0 Å². The summed E-state index contributed by atoms with van der Waals surface area (Å²) in [5, 5.41) is 17.9. The summed E-state index contributed by atoms with van der Waals surface area (Å²) in [6.45, 7) is -0.112. The van der Waals surface area contributed by atoms with E-state index in [9.17, 15) is 4.39 Å². The minimum atomic E-state index is -1.90. The van der Waals surface area contributed by atoms with Crippen molar-refractivity contribution in [2.24, 2.45) is 0 Å². The van der Waals surface area contributed by atoms with Gasteiger partial charge in [-0.05, 0) is 12.1 Å². The fourth-order valence-corrected chi connectivity index (χ4v) is 1.53. The molecule has 7 heteroatoms. The van der Waals surface area contributed by atoms with E-state index in [0.717, 1.165) is 0 Å². The van der Waals surface area contributed by atoms with Crippen LogP contribution >= 0.6 is 15.9 Å². The van der Waals surface area contributed by atoms with E-state index in [4.69, 9.17) is 14.8 Å². The standard InChI is InChI=1S/C8H9BBrFO4/c1-14-4-15-6-3-2-5(10)7(8(6)11)9(12)13/h2-3,12-13H,4H2,1H3. The van der Waals surface area contributed by atoms with Gasteiger partial charge >= 0.3 is 7.12 Å². The summed E-state index contributed by atoms with van der Waals surface area (Å²) < 4.78 is 23.3. The molecule has 0 aliphatic rings. The molecule has 2 N–H and O–H groups in total. The Balaban J connectivity index is 3.05. The Morgan fingerprint density at radius 1 is 1.47 bits per heavy atom. The summed E-state index contributed by atoms with van der Waals surface area (Å²) in [6.07, 6.45) is 0. The molecule has 4 nitrogen and oxygen atoms in total. The van der Waals surface area contributed by atoms with Crippen molar-refractivity contribution in [1.82, 2.24) is 0 Å². The lowest BCUT2D eigenvalue weighted by Crippen LogP contribution is -2.34. The SMILES string of the molecule is COCOc1ccc(Br)c(B(O)O)c1F. The maximum Gasteiger partial charge on any atom is 0.492 e. The lowest BCUT2D eigenvalue weighted by atomic mass is 9.80. The smallest absolute Gasteiger partial charge is 0.465 e. The van der Waals surface area contributed by atoms with Gasteiger partial charge in [-0.15, -0.1) is 0 Å². The van der Waals surface area contributed by atoms with Crippen LogP contribution in [-0.4, -0.2) is 31.1 Å². The first-order chi connectivity index (χ1) is 7.07. The molecule has 82 valence electrons. The lowest BCUT2D eigenvalue weighted by molar-refractivity contribution is 0.0484. The second-order valence-corrected chi connectivity index (χ2v) is 3.55. The number of benzene rings is 1. The first kappa shape index (κ1) is 12.4. The van der Waals surface area contributed by atoms with Crippen LogP contribution in [-0.2, 0) is 4.74 Å². The minimum Gasteiger partial charge on any atom is -0.465 e. The lowest BCUT2D eigenvalue weighted by Gasteiger charge is -2.10. The molecular formula is C8H9BBrFO4. The van der Waals surface area contributed by atoms with E-state index in [2.05, 4.69) is 20.7 Å². The van der Waals surface area contributed by atoms with E-state index in [1.807, 2.05) is 0 Å². The molecule has 0 aliphatic heterocycles. The Hall–Kier alpha value is -0.625. The number of hydrogen-bond donors (Lipinski definition) is 2. The number of ether oxygens (including phenoxy) is 2. The van der Waals surface area contributed by atoms with Crippen molar-refractivity contribution in [2.75, 3.05) is 13.9 Å². The molecule has 0 heterocycles. The zero-order valence-electron chi connectivity index (χ0n) is 7.91. The van der Waals surface area contributed by atoms with Crippen LogP contribution in [0.5, 0.6) is 5.75 Å². The van der Waals surface area contributed by atoms with E-state index in [1.165, 1.54) is 19.2 Å². The highest BCUT2D eigenvalue weighted by atomic mass is 79.9. The predicted octanol–water partition coefficient (Wildman–Crippen LogP) is 0.251. The third-order valence-electron chi connectivity index (χ3n) is 1.68. The molecule has 0 fully saturated rings. The Bertz CT molecular complexity index is 348. The Kier molecular flexibility index (Phi) is 4.53. The van der Waals surface area contributed by atoms with E-state index in [-0.39, 0.29) is 22.5 Å². The van der Waals surface area contributed by atoms with Crippen molar-refractivity contribution >= 4 is 28.5 Å². The molecule has 1 rings (SSSR count). The van der Waals surface area contributed by atoms with Gasteiger partial charge in [-0.3, -0.25) is 0 Å². The van der Waals surface area contributed by atoms with Gasteiger partial charge in [0.15, 0.2) is 18.4 Å². The fourth-order valence-electron chi connectivity index (χ4n) is 1.02. The summed E-state index contributed by atoms with van der Waals surface area (Å²) >= 11 is 3.00. The molecule has 0 spiro atoms. The van der Waals surface area contributed by atoms with Crippen molar-refractivity contribution in [1.29, 1.82) is 0 Å². The van der Waals surface area contributed by atoms with Crippen LogP contribution in [0.25, 0.3) is 0 Å². The molecule has 0 saturated carbocycles. The zero-order chi connectivity index (χ0) is 11.4. The van der Waals surface area contributed by atoms with Crippen LogP contribution in [0.15, 0.2) is 16.6 Å². The van der Waals surface area contributed by atoms with Crippen LogP contribution in [0.2, 0.25) is 0 Å². The molecule has 0 unspecified atom stereocenters. The van der Waals surface area contributed by atoms with Crippen molar-refractivity contribution in [3.63, 3.8) is 0 Å². The highest BCUT2D eigenvalue weighted by molar-refractivity contribution is 9.10. The first-order valence-corrected chi connectivity index (χ1v) is 4.83. The first-order valence-electron chi connectivity index (χ1n) is 4.03. The van der Waals surface area contributed by atoms with Gasteiger partial charge in [-0.2, -0.15) is 0 Å². The van der Waals surface area contributed by atoms with Gasteiger partial charge in [-0.25, -0.2) is 4.39 Å². The average molecular weight is 279 g/mol. The fraction of sp³-hybridized carbons (Fsp3) is 0.250. The summed E-state index contributed by atoms with van der Waals surface area (Å²) in [4.78, 5) is 0. The molecule has 15 heavy (non-hydrogen) atoms. The zero-order valence-corrected chi connectivity index (χ0v) is 9.49. The van der Waals surface area contributed by atoms with Gasteiger partial charge in [0.05, 0.1) is 0 Å². The van der Waals surface area contributed by atoms with E-state index in [1.54, 1.807) is 0 Å². The maximum absolute atomic E-state index is 13.6. The molecule has 0 aromatic heterocycles. The van der Waals surface area contributed by atoms with E-state index >= 15 is 0 Å². The highest BCUT2D eigenvalue weighted by Gasteiger charge is 2.23. The number of methoxy groups -OCH3 is 1. The topological polar surface area (TPSA) is 58.9 Å². The highest BCUT2D eigenvalue weighted by Crippen LogP contribution is 2.19. The molecule has 1 aromatic rings. The van der Waals surface area contributed by atoms with Crippen molar-refractivity contribution in [2.45, 2.75) is 0 Å². The molecule has 0 bridgehead atoms. The van der Waals surface area contributed by atoms with Crippen LogP contribution in [0.1, 0.15) is 0 Å². The molecule has 0 aliphatic carbocycles. The normalized spacial score (nSPS) is 10.2. The summed E-state index contributed by atoms with van der Waals surface area (Å²) in [7, 11) is -0.496. The quantitative estimate of drug-likeness (QED) is 0.612. The molecule has 0 saturated heterocycles. The van der Waals surface area contributed by atoms with E-state index in [0.29, 0.717) is 0 Å². The van der Waals surface area contributed by atoms with Crippen LogP contribution in [0.4, 0.5) is 4.39 Å². The van der Waals surface area contributed by atoms with Gasteiger partial charge in [-0.1, -0.05) is 15.9 Å². The summed E-state index contributed by atoms with van der Waals surface area (Å²) in [5.74, 6) is -0.917. The Morgan fingerprint density at radius 2 is 2.13 bits per heavy atom. The summed E-state index contributed by atoms with van der Waals surface area (Å²) in [5.41, 5.74) is -0.261. The van der Waals surface area contributed by atoms with Crippen molar-refractivity contribution < 1.29 is 23.9 Å². The number of rotatable bonds is 4. The second-order valence-electron chi connectivity index (χ2n) is 2.70. The largest absolute Gasteiger partial charge is 0.492 e. The molecular weight excluding hydrogens is 270 g/mol. The van der Waals surface area contributed by atoms with Crippen LogP contribution < -0.4 is 10.2 Å². The maximum atomic E-state index is 13.6. The predicted molar refractivity (Wildman–Crippen MR) is 56.4 cm³/mol. The molecule has 0 amide bonds. The summed E-state index contributed by atoms with van der Waals surface area (Å²) in [6, 6.07) is 2.83. The third-order valence-corrected chi connectivity index (χ3v) is 2.37. The van der Waals surface area contributed by atoms with Crippen molar-refractivity contribution in [3.8, 4) is 5.75 Å². The van der Waals surface area contributed by atoms with Crippen LogP contribution in [0, 0.1) is 5.82 Å². The van der Waals surface area contributed by atoms with Crippen LogP contribution in [0.3, 0.4) is 0 Å². The van der Waals surface area contributed by atoms with Crippen molar-refractivity contribution in [3.05, 3.63) is 22.4 Å². The Morgan fingerprint density at radius 3 is 2.67 bits per heavy atom. The minimum absolute atomic E-state index is 0.0943. The molecule has 0 atom stereocenters. The Labute approximate surface area is 94.9 Å². The molecule has 1 aromatic carbocycles. The molecule has 0 radical (unpaired) electrons. The van der Waals surface area contributed by atoms with Gasteiger partial charge in [0.25, 0.3) is 0 Å². The number of hydrogen-bond acceptors (Lipinski definition) is 4. The number of halogens is 2. The van der Waals surface area contributed by atoms with Gasteiger partial charge < -0.3 is 19.5 Å². The third kappa shape index (κ3) is 2.91. The van der Waals surface area contributed by atoms with Gasteiger partial charge in [0, 0.05) is 17.0 Å². The van der Waals surface area contributed by atoms with Gasteiger partial charge in [0.1, 0.15) is 0 Å². The second kappa shape index (κ2) is 5.46. The van der Waals surface area contributed by atoms with E-state index < -0.39 is 12.9 Å². The monoisotopic (exact) mass is 278 g/mol. The average Bonchev–Trinajstić information content (AvgIpc) is 2.16.